The van der Waals surface area contributed by atoms with Crippen molar-refractivity contribution in [3.63, 3.8) is 0 Å². The van der Waals surface area contributed by atoms with Crippen LogP contribution in [0.2, 0.25) is 0 Å². The Bertz CT molecular complexity index is 1600. The van der Waals surface area contributed by atoms with Gasteiger partial charge in [0, 0.05) is 48.9 Å². The average molecular weight is 531 g/mol. The summed E-state index contributed by atoms with van der Waals surface area (Å²) in [7, 11) is 0. The van der Waals surface area contributed by atoms with Gasteiger partial charge in [-0.1, -0.05) is 85.8 Å². The van der Waals surface area contributed by atoms with Gasteiger partial charge in [-0.2, -0.15) is 0 Å². The van der Waals surface area contributed by atoms with Gasteiger partial charge in [-0.05, 0) is 71.0 Å². The van der Waals surface area contributed by atoms with Crippen LogP contribution in [0.15, 0.2) is 97.1 Å². The fourth-order valence-corrected chi connectivity index (χ4v) is 5.22. The highest BCUT2D eigenvalue weighted by molar-refractivity contribution is 5.91. The molecule has 0 spiro atoms. The summed E-state index contributed by atoms with van der Waals surface area (Å²) < 4.78 is 0. The summed E-state index contributed by atoms with van der Waals surface area (Å²) in [5.41, 5.74) is 13.0. The molecule has 5 aromatic rings. The highest BCUT2D eigenvalue weighted by Gasteiger charge is 2.13. The Hall–Kier alpha value is -4.19. The van der Waals surface area contributed by atoms with E-state index in [-0.39, 0.29) is 5.91 Å². The molecule has 0 unspecified atom stereocenters. The van der Waals surface area contributed by atoms with Crippen LogP contribution in [0.4, 0.5) is 0 Å². The van der Waals surface area contributed by atoms with Gasteiger partial charge in [0.25, 0.3) is 5.91 Å². The Morgan fingerprint density at radius 1 is 0.875 bits per heavy atom. The minimum atomic E-state index is -0.147. The highest BCUT2D eigenvalue weighted by atomic mass is 16.2. The summed E-state index contributed by atoms with van der Waals surface area (Å²) in [6.07, 6.45) is 5.35. The lowest BCUT2D eigenvalue weighted by atomic mass is 10.0. The number of H-pyrrole nitrogens is 1. The first-order chi connectivity index (χ1) is 19.6. The van der Waals surface area contributed by atoms with E-state index < -0.39 is 0 Å². The van der Waals surface area contributed by atoms with Crippen molar-refractivity contribution in [2.45, 2.75) is 39.8 Å². The first-order valence-corrected chi connectivity index (χ1v) is 14.1. The predicted molar refractivity (Wildman–Crippen MR) is 167 cm³/mol. The Kier molecular flexibility index (Phi) is 9.07. The van der Waals surface area contributed by atoms with Crippen molar-refractivity contribution < 1.29 is 4.79 Å². The Morgan fingerprint density at radius 2 is 1.60 bits per heavy atom. The number of aromatic amines is 1. The first kappa shape index (κ1) is 27.4. The molecule has 40 heavy (non-hydrogen) atoms. The summed E-state index contributed by atoms with van der Waals surface area (Å²) in [5, 5.41) is 3.86. The number of hydrogen-bond donors (Lipinski definition) is 3. The van der Waals surface area contributed by atoms with Crippen molar-refractivity contribution in [1.82, 2.24) is 20.7 Å². The fourth-order valence-electron chi connectivity index (χ4n) is 5.22. The summed E-state index contributed by atoms with van der Waals surface area (Å²) in [5.74, 6) is -0.147. The third-order valence-corrected chi connectivity index (χ3v) is 7.32. The second-order valence-electron chi connectivity index (χ2n) is 10.4. The summed E-state index contributed by atoms with van der Waals surface area (Å²) >= 11 is 0. The summed E-state index contributed by atoms with van der Waals surface area (Å²) in [4.78, 5) is 18.0. The number of benzene rings is 4. The van der Waals surface area contributed by atoms with Gasteiger partial charge in [-0.3, -0.25) is 15.1 Å². The molecule has 5 heteroatoms. The smallest absolute Gasteiger partial charge is 0.258 e. The Balaban J connectivity index is 1.31. The molecule has 0 bridgehead atoms. The van der Waals surface area contributed by atoms with Crippen LogP contribution in [0, 0.1) is 6.92 Å². The molecular formula is C35H38N4O. The maximum absolute atomic E-state index is 12.0. The highest BCUT2D eigenvalue weighted by Crippen LogP contribution is 2.24. The number of carbonyl (C=O) groups excluding carboxylic acids is 1. The van der Waals surface area contributed by atoms with Crippen molar-refractivity contribution >= 4 is 33.7 Å². The summed E-state index contributed by atoms with van der Waals surface area (Å²) in [6.45, 7) is 7.66. The Labute approximate surface area is 236 Å². The van der Waals surface area contributed by atoms with Crippen LogP contribution in [0.5, 0.6) is 0 Å². The van der Waals surface area contributed by atoms with E-state index in [1.807, 2.05) is 6.08 Å². The minimum absolute atomic E-state index is 0.147. The molecule has 0 aliphatic carbocycles. The van der Waals surface area contributed by atoms with Crippen LogP contribution in [0.25, 0.3) is 27.8 Å². The standard InChI is InChI=1S/C35H38N4O/c1-3-21-36-38-35(40)19-17-27-12-14-28(15-13-27)24-39(25-29-16-18-30-8-4-5-9-31(30)23-29)22-20-32-26(2)37-34-11-7-6-10-33(32)34/h4-19,23,36-37H,3,20-22,24-25H2,1-2H3,(H,38,40)/b19-17+. The number of para-hydroxylation sites is 1. The van der Waals surface area contributed by atoms with Crippen molar-refractivity contribution in [3.05, 3.63) is 125 Å². The third kappa shape index (κ3) is 7.06. The molecule has 0 aliphatic rings. The van der Waals surface area contributed by atoms with E-state index in [0.29, 0.717) is 0 Å². The van der Waals surface area contributed by atoms with Crippen LogP contribution in [-0.2, 0) is 24.3 Å². The zero-order valence-corrected chi connectivity index (χ0v) is 23.4. The molecular weight excluding hydrogens is 492 g/mol. The Morgan fingerprint density at radius 3 is 2.42 bits per heavy atom. The fraction of sp³-hybridized carbons (Fsp3) is 0.229. The molecule has 0 atom stereocenters. The molecule has 4 aromatic carbocycles. The molecule has 0 fully saturated rings. The van der Waals surface area contributed by atoms with Gasteiger partial charge < -0.3 is 4.98 Å². The molecule has 5 rings (SSSR count). The lowest BCUT2D eigenvalue weighted by Gasteiger charge is -2.23. The molecule has 0 aliphatic heterocycles. The van der Waals surface area contributed by atoms with E-state index in [2.05, 4.69) is 126 Å². The SMILES string of the molecule is CCCNNC(=O)/C=C/c1ccc(CN(CCc2c(C)[nH]c3ccccc23)Cc2ccc3ccccc3c2)cc1. The van der Waals surface area contributed by atoms with E-state index in [1.54, 1.807) is 6.08 Å². The van der Waals surface area contributed by atoms with Gasteiger partial charge in [0.2, 0.25) is 0 Å². The first-order valence-electron chi connectivity index (χ1n) is 14.1. The number of amides is 1. The van der Waals surface area contributed by atoms with Crippen molar-refractivity contribution in [1.29, 1.82) is 0 Å². The molecule has 0 saturated carbocycles. The lowest BCUT2D eigenvalue weighted by molar-refractivity contribution is -0.117. The van der Waals surface area contributed by atoms with E-state index >= 15 is 0 Å². The van der Waals surface area contributed by atoms with Crippen LogP contribution < -0.4 is 10.9 Å². The topological polar surface area (TPSA) is 60.2 Å². The average Bonchev–Trinajstić information content (AvgIpc) is 3.30. The van der Waals surface area contributed by atoms with Gasteiger partial charge in [0.1, 0.15) is 0 Å². The molecule has 204 valence electrons. The number of carbonyl (C=O) groups is 1. The van der Waals surface area contributed by atoms with E-state index in [9.17, 15) is 4.79 Å². The number of fused-ring (bicyclic) bond motifs is 2. The maximum atomic E-state index is 12.0. The normalized spacial score (nSPS) is 11.7. The van der Waals surface area contributed by atoms with Crippen molar-refractivity contribution in [2.24, 2.45) is 0 Å². The number of rotatable bonds is 12. The lowest BCUT2D eigenvalue weighted by Crippen LogP contribution is -2.36. The zero-order chi connectivity index (χ0) is 27.7. The van der Waals surface area contributed by atoms with E-state index in [0.717, 1.165) is 44.6 Å². The predicted octanol–water partition coefficient (Wildman–Crippen LogP) is 6.92. The number of aryl methyl sites for hydroxylation is 1. The quantitative estimate of drug-likeness (QED) is 0.0932. The van der Waals surface area contributed by atoms with Gasteiger partial charge in [0.05, 0.1) is 0 Å². The molecule has 1 amide bonds. The van der Waals surface area contributed by atoms with Crippen LogP contribution in [0.3, 0.4) is 0 Å². The molecule has 1 heterocycles. The van der Waals surface area contributed by atoms with Gasteiger partial charge >= 0.3 is 0 Å². The van der Waals surface area contributed by atoms with Crippen LogP contribution in [-0.4, -0.2) is 28.9 Å². The monoisotopic (exact) mass is 530 g/mol. The molecule has 1 aromatic heterocycles. The van der Waals surface area contributed by atoms with E-state index in [1.165, 1.54) is 44.1 Å². The largest absolute Gasteiger partial charge is 0.358 e. The van der Waals surface area contributed by atoms with Crippen LogP contribution >= 0.6 is 0 Å². The third-order valence-electron chi connectivity index (χ3n) is 7.32. The maximum Gasteiger partial charge on any atom is 0.258 e. The molecule has 5 nitrogen and oxygen atoms in total. The van der Waals surface area contributed by atoms with Gasteiger partial charge in [-0.25, -0.2) is 5.43 Å². The van der Waals surface area contributed by atoms with Crippen LogP contribution in [0.1, 0.15) is 41.3 Å². The molecule has 0 radical (unpaired) electrons. The van der Waals surface area contributed by atoms with Gasteiger partial charge in [-0.15, -0.1) is 0 Å². The zero-order valence-electron chi connectivity index (χ0n) is 23.4. The van der Waals surface area contributed by atoms with Crippen molar-refractivity contribution in [2.75, 3.05) is 13.1 Å². The molecule has 0 saturated heterocycles. The second kappa shape index (κ2) is 13.2. The number of nitrogens with one attached hydrogen (secondary N) is 3. The molecule has 3 N–H and O–H groups in total. The minimum Gasteiger partial charge on any atom is -0.358 e. The number of aromatic nitrogens is 1. The van der Waals surface area contributed by atoms with E-state index in [4.69, 9.17) is 0 Å². The van der Waals surface area contributed by atoms with Gasteiger partial charge in [0.15, 0.2) is 0 Å². The number of nitrogens with zero attached hydrogens (tertiary/aromatic N) is 1. The summed E-state index contributed by atoms with van der Waals surface area (Å²) in [6, 6.07) is 32.4. The second-order valence-corrected chi connectivity index (χ2v) is 10.4. The number of hydrogen-bond acceptors (Lipinski definition) is 3. The van der Waals surface area contributed by atoms with Crippen molar-refractivity contribution in [3.8, 4) is 0 Å². The number of hydrazine groups is 1.